The molecule has 2 aliphatic heterocycles. The monoisotopic (exact) mass is 254 g/mol. The lowest BCUT2D eigenvalue weighted by Gasteiger charge is -2.37. The quantitative estimate of drug-likeness (QED) is 0.613. The molecule has 0 saturated carbocycles. The Morgan fingerprint density at radius 1 is 1.39 bits per heavy atom. The number of piperazine rings is 1. The molecule has 0 aromatic carbocycles. The summed E-state index contributed by atoms with van der Waals surface area (Å²) < 4.78 is 0. The molecule has 6 heteroatoms. The molecular weight excluding hydrogens is 232 g/mol. The molecule has 2 heterocycles. The summed E-state index contributed by atoms with van der Waals surface area (Å²) in [6, 6.07) is 0. The van der Waals surface area contributed by atoms with E-state index in [0.717, 1.165) is 38.3 Å². The Morgan fingerprint density at radius 3 is 2.78 bits per heavy atom. The van der Waals surface area contributed by atoms with Gasteiger partial charge in [0, 0.05) is 39.0 Å². The predicted octanol–water partition coefficient (Wildman–Crippen LogP) is -0.832. The van der Waals surface area contributed by atoms with Crippen LogP contribution in [-0.2, 0) is 0 Å². The Labute approximate surface area is 108 Å². The summed E-state index contributed by atoms with van der Waals surface area (Å²) in [6.45, 7) is 3.92. The summed E-state index contributed by atoms with van der Waals surface area (Å²) in [5, 5.41) is 21.7. The zero-order valence-corrected chi connectivity index (χ0v) is 10.8. The number of hydrogen-bond donors (Lipinski definition) is 3. The standard InChI is InChI=1S/C12H22N4O2/c1-15-4-6-16(7-5-15)11-12(18)13-9-10(14-11)3-2-8-17/h9,12-13,17-18H,2-8H2,1H3. The van der Waals surface area contributed by atoms with Crippen LogP contribution in [0.15, 0.2) is 16.9 Å². The van der Waals surface area contributed by atoms with Crippen molar-refractivity contribution in [2.45, 2.75) is 19.1 Å². The van der Waals surface area contributed by atoms with Crippen LogP contribution in [0.1, 0.15) is 12.8 Å². The maximum Gasteiger partial charge on any atom is 0.183 e. The topological polar surface area (TPSA) is 71.3 Å². The number of amidine groups is 1. The summed E-state index contributed by atoms with van der Waals surface area (Å²) in [7, 11) is 2.10. The van der Waals surface area contributed by atoms with Crippen molar-refractivity contribution in [2.24, 2.45) is 4.99 Å². The molecule has 6 nitrogen and oxygen atoms in total. The van der Waals surface area contributed by atoms with E-state index in [1.165, 1.54) is 0 Å². The molecule has 1 atom stereocenters. The Hall–Kier alpha value is -1.11. The molecule has 1 unspecified atom stereocenters. The summed E-state index contributed by atoms with van der Waals surface area (Å²) in [5.74, 6) is 0.707. The van der Waals surface area contributed by atoms with Crippen LogP contribution in [-0.4, -0.2) is 71.9 Å². The highest BCUT2D eigenvalue weighted by atomic mass is 16.3. The van der Waals surface area contributed by atoms with Gasteiger partial charge in [0.25, 0.3) is 0 Å². The molecule has 18 heavy (non-hydrogen) atoms. The molecule has 0 aliphatic carbocycles. The Kier molecular flexibility index (Phi) is 4.57. The largest absolute Gasteiger partial charge is 0.396 e. The van der Waals surface area contributed by atoms with Crippen LogP contribution in [0, 0.1) is 0 Å². The lowest BCUT2D eigenvalue weighted by atomic mass is 10.2. The van der Waals surface area contributed by atoms with E-state index in [0.29, 0.717) is 12.3 Å². The third-order valence-electron chi connectivity index (χ3n) is 3.33. The molecule has 0 spiro atoms. The molecular formula is C12H22N4O2. The first-order chi connectivity index (χ1) is 8.70. The average molecular weight is 254 g/mol. The molecule has 2 aliphatic rings. The first kappa shape index (κ1) is 13.3. The van der Waals surface area contributed by atoms with Crippen LogP contribution in [0.5, 0.6) is 0 Å². The van der Waals surface area contributed by atoms with Crippen LogP contribution in [0.25, 0.3) is 0 Å². The van der Waals surface area contributed by atoms with E-state index in [1.807, 2.05) is 0 Å². The third-order valence-corrected chi connectivity index (χ3v) is 3.33. The minimum absolute atomic E-state index is 0.166. The van der Waals surface area contributed by atoms with Crippen molar-refractivity contribution in [1.29, 1.82) is 0 Å². The van der Waals surface area contributed by atoms with E-state index in [4.69, 9.17) is 5.11 Å². The highest BCUT2D eigenvalue weighted by Gasteiger charge is 2.25. The van der Waals surface area contributed by atoms with E-state index in [2.05, 4.69) is 27.2 Å². The third kappa shape index (κ3) is 3.22. The van der Waals surface area contributed by atoms with Gasteiger partial charge in [-0.15, -0.1) is 0 Å². The Bertz CT molecular complexity index is 335. The van der Waals surface area contributed by atoms with E-state index < -0.39 is 6.23 Å². The zero-order chi connectivity index (χ0) is 13.0. The fourth-order valence-corrected chi connectivity index (χ4v) is 2.16. The van der Waals surface area contributed by atoms with Gasteiger partial charge in [0.1, 0.15) is 0 Å². The van der Waals surface area contributed by atoms with Gasteiger partial charge in [-0.3, -0.25) is 0 Å². The van der Waals surface area contributed by atoms with Crippen molar-refractivity contribution >= 4 is 5.84 Å². The molecule has 102 valence electrons. The maximum atomic E-state index is 9.94. The number of rotatable bonds is 3. The normalized spacial score (nSPS) is 25.5. The fourth-order valence-electron chi connectivity index (χ4n) is 2.16. The van der Waals surface area contributed by atoms with Crippen molar-refractivity contribution in [3.63, 3.8) is 0 Å². The molecule has 0 amide bonds. The van der Waals surface area contributed by atoms with Gasteiger partial charge in [0.05, 0.1) is 5.70 Å². The molecule has 0 bridgehead atoms. The predicted molar refractivity (Wildman–Crippen MR) is 70.1 cm³/mol. The summed E-state index contributed by atoms with van der Waals surface area (Å²) in [4.78, 5) is 8.91. The van der Waals surface area contributed by atoms with Crippen molar-refractivity contribution < 1.29 is 10.2 Å². The number of nitrogens with zero attached hydrogens (tertiary/aromatic N) is 3. The van der Waals surface area contributed by atoms with Gasteiger partial charge in [-0.2, -0.15) is 0 Å². The van der Waals surface area contributed by atoms with Crippen molar-refractivity contribution in [3.8, 4) is 0 Å². The number of aliphatic hydroxyl groups is 2. The lowest BCUT2D eigenvalue weighted by molar-refractivity contribution is 0.167. The highest BCUT2D eigenvalue weighted by Crippen LogP contribution is 2.13. The summed E-state index contributed by atoms with van der Waals surface area (Å²) in [5.41, 5.74) is 0.892. The van der Waals surface area contributed by atoms with Crippen LogP contribution in [0.3, 0.4) is 0 Å². The van der Waals surface area contributed by atoms with Gasteiger partial charge >= 0.3 is 0 Å². The smallest absolute Gasteiger partial charge is 0.183 e. The number of nitrogens with one attached hydrogen (secondary N) is 1. The van der Waals surface area contributed by atoms with E-state index >= 15 is 0 Å². The number of aliphatic hydroxyl groups excluding tert-OH is 2. The molecule has 1 fully saturated rings. The minimum atomic E-state index is -0.716. The summed E-state index contributed by atoms with van der Waals surface area (Å²) in [6.07, 6.45) is 2.45. The van der Waals surface area contributed by atoms with Crippen molar-refractivity contribution in [3.05, 3.63) is 11.9 Å². The Morgan fingerprint density at radius 2 is 2.11 bits per heavy atom. The number of aliphatic imine (C=N–C) groups is 1. The van der Waals surface area contributed by atoms with Crippen LogP contribution in [0.2, 0.25) is 0 Å². The molecule has 1 saturated heterocycles. The van der Waals surface area contributed by atoms with E-state index in [-0.39, 0.29) is 6.61 Å². The second kappa shape index (κ2) is 6.17. The first-order valence-electron chi connectivity index (χ1n) is 6.47. The number of likely N-dealkylation sites (N-methyl/N-ethyl adjacent to an activating group) is 1. The molecule has 3 N–H and O–H groups in total. The SMILES string of the molecule is CN1CCN(C2=NC(CCCO)=CNC2O)CC1. The van der Waals surface area contributed by atoms with Crippen molar-refractivity contribution in [1.82, 2.24) is 15.1 Å². The van der Waals surface area contributed by atoms with Gasteiger partial charge in [0.2, 0.25) is 0 Å². The van der Waals surface area contributed by atoms with Crippen LogP contribution < -0.4 is 5.32 Å². The minimum Gasteiger partial charge on any atom is -0.396 e. The van der Waals surface area contributed by atoms with Crippen molar-refractivity contribution in [2.75, 3.05) is 39.8 Å². The van der Waals surface area contributed by atoms with Gasteiger partial charge < -0.3 is 25.3 Å². The molecule has 0 radical (unpaired) electrons. The van der Waals surface area contributed by atoms with Gasteiger partial charge in [-0.05, 0) is 19.9 Å². The van der Waals surface area contributed by atoms with Crippen LogP contribution in [0.4, 0.5) is 0 Å². The van der Waals surface area contributed by atoms with Crippen LogP contribution >= 0.6 is 0 Å². The van der Waals surface area contributed by atoms with Gasteiger partial charge in [-0.1, -0.05) is 0 Å². The van der Waals surface area contributed by atoms with E-state index in [1.54, 1.807) is 6.20 Å². The lowest BCUT2D eigenvalue weighted by Crippen LogP contribution is -2.53. The molecule has 0 aromatic heterocycles. The molecule has 2 rings (SSSR count). The Balaban J connectivity index is 2.00. The van der Waals surface area contributed by atoms with E-state index in [9.17, 15) is 5.11 Å². The fraction of sp³-hybridized carbons (Fsp3) is 0.750. The maximum absolute atomic E-state index is 9.94. The van der Waals surface area contributed by atoms with Gasteiger partial charge in [-0.25, -0.2) is 4.99 Å². The molecule has 0 aromatic rings. The summed E-state index contributed by atoms with van der Waals surface area (Å²) >= 11 is 0. The first-order valence-corrected chi connectivity index (χ1v) is 6.47. The highest BCUT2D eigenvalue weighted by molar-refractivity contribution is 5.88. The average Bonchev–Trinajstić information content (AvgIpc) is 2.39. The second-order valence-corrected chi connectivity index (χ2v) is 4.79. The van der Waals surface area contributed by atoms with Gasteiger partial charge in [0.15, 0.2) is 12.1 Å². The second-order valence-electron chi connectivity index (χ2n) is 4.79. The zero-order valence-electron chi connectivity index (χ0n) is 10.8. The number of hydrogen-bond acceptors (Lipinski definition) is 6. The number of allylic oxidation sites excluding steroid dienone is 1.